The second-order valence-electron chi connectivity index (χ2n) is 6.74. The quantitative estimate of drug-likeness (QED) is 0.568. The van der Waals surface area contributed by atoms with Crippen LogP contribution in [0.4, 0.5) is 10.1 Å². The molecule has 7 heteroatoms. The van der Waals surface area contributed by atoms with E-state index < -0.39 is 21.7 Å². The summed E-state index contributed by atoms with van der Waals surface area (Å²) in [4.78, 5) is 12.5. The number of nitrogens with one attached hydrogen (secondary N) is 2. The van der Waals surface area contributed by atoms with Crippen LogP contribution in [0.25, 0.3) is 0 Å². The number of benzene rings is 3. The minimum atomic E-state index is -3.89. The van der Waals surface area contributed by atoms with E-state index in [9.17, 15) is 17.6 Å². The average molecular weight is 427 g/mol. The van der Waals surface area contributed by atoms with Crippen LogP contribution in [0.2, 0.25) is 0 Å². The highest BCUT2D eigenvalue weighted by Crippen LogP contribution is 2.20. The monoisotopic (exact) mass is 426 g/mol. The molecule has 3 aromatic carbocycles. The van der Waals surface area contributed by atoms with Crippen LogP contribution in [0.5, 0.6) is 0 Å². The van der Waals surface area contributed by atoms with Gasteiger partial charge in [0.05, 0.1) is 10.5 Å². The van der Waals surface area contributed by atoms with Gasteiger partial charge in [0.25, 0.3) is 5.91 Å². The molecule has 30 heavy (non-hydrogen) atoms. The molecule has 1 amide bonds. The number of carbonyl (C=O) groups excluding carboxylic acids is 1. The van der Waals surface area contributed by atoms with Gasteiger partial charge in [-0.2, -0.15) is 0 Å². The van der Waals surface area contributed by atoms with Gasteiger partial charge >= 0.3 is 0 Å². The first-order valence-electron chi connectivity index (χ1n) is 9.63. The fourth-order valence-corrected chi connectivity index (χ4v) is 4.10. The molecule has 0 fully saturated rings. The largest absolute Gasteiger partial charge is 0.322 e. The van der Waals surface area contributed by atoms with Crippen molar-refractivity contribution in [2.75, 3.05) is 11.9 Å². The van der Waals surface area contributed by atoms with Crippen molar-refractivity contribution in [2.45, 2.75) is 24.7 Å². The van der Waals surface area contributed by atoms with Crippen LogP contribution in [0.15, 0.2) is 77.7 Å². The molecule has 3 rings (SSSR count). The third-order valence-electron chi connectivity index (χ3n) is 4.69. The molecular weight excluding hydrogens is 403 g/mol. The Kier molecular flexibility index (Phi) is 6.97. The Morgan fingerprint density at radius 2 is 1.67 bits per heavy atom. The molecule has 156 valence electrons. The van der Waals surface area contributed by atoms with Crippen molar-refractivity contribution in [1.29, 1.82) is 0 Å². The second kappa shape index (κ2) is 9.65. The van der Waals surface area contributed by atoms with Gasteiger partial charge in [0.1, 0.15) is 5.82 Å². The average Bonchev–Trinajstić information content (AvgIpc) is 2.75. The molecule has 3 aromatic rings. The van der Waals surface area contributed by atoms with E-state index >= 15 is 0 Å². The molecule has 0 atom stereocenters. The zero-order valence-electron chi connectivity index (χ0n) is 16.6. The molecule has 0 radical (unpaired) electrons. The molecule has 0 spiro atoms. The molecule has 2 N–H and O–H groups in total. The first kappa shape index (κ1) is 21.7. The molecular formula is C23H23FN2O3S. The number of hydrogen-bond donors (Lipinski definition) is 2. The third kappa shape index (κ3) is 5.31. The minimum Gasteiger partial charge on any atom is -0.322 e. The minimum absolute atomic E-state index is 0.161. The first-order chi connectivity index (χ1) is 14.4. The number of anilines is 1. The number of hydrogen-bond acceptors (Lipinski definition) is 3. The van der Waals surface area contributed by atoms with Crippen molar-refractivity contribution in [3.63, 3.8) is 0 Å². The Hall–Kier alpha value is -3.03. The predicted molar refractivity (Wildman–Crippen MR) is 116 cm³/mol. The van der Waals surface area contributed by atoms with Crippen LogP contribution in [-0.2, 0) is 22.9 Å². The van der Waals surface area contributed by atoms with Crippen LogP contribution >= 0.6 is 0 Å². The maximum absolute atomic E-state index is 14.3. The Bertz CT molecular complexity index is 1130. The first-order valence-corrected chi connectivity index (χ1v) is 11.1. The fraction of sp³-hybridized carbons (Fsp3) is 0.174. The van der Waals surface area contributed by atoms with E-state index in [1.165, 1.54) is 0 Å². The van der Waals surface area contributed by atoms with Gasteiger partial charge in [-0.3, -0.25) is 4.79 Å². The SMILES string of the molecule is CCc1ccccc1NC(=O)c1cc(S(=O)(=O)NCCc2ccccc2)ccc1F. The summed E-state index contributed by atoms with van der Waals surface area (Å²) in [6, 6.07) is 19.9. The van der Waals surface area contributed by atoms with E-state index in [0.29, 0.717) is 18.5 Å². The van der Waals surface area contributed by atoms with Crippen molar-refractivity contribution in [1.82, 2.24) is 4.72 Å². The zero-order valence-corrected chi connectivity index (χ0v) is 17.4. The van der Waals surface area contributed by atoms with Crippen LogP contribution in [0.3, 0.4) is 0 Å². The van der Waals surface area contributed by atoms with Gasteiger partial charge in [-0.05, 0) is 48.2 Å². The maximum Gasteiger partial charge on any atom is 0.258 e. The van der Waals surface area contributed by atoms with E-state index in [-0.39, 0.29) is 17.0 Å². The highest BCUT2D eigenvalue weighted by Gasteiger charge is 2.20. The normalized spacial score (nSPS) is 11.3. The number of amides is 1. The third-order valence-corrected chi connectivity index (χ3v) is 6.15. The number of sulfonamides is 1. The lowest BCUT2D eigenvalue weighted by Crippen LogP contribution is -2.26. The van der Waals surface area contributed by atoms with Gasteiger partial charge in [0, 0.05) is 12.2 Å². The standard InChI is InChI=1S/C23H23FN2O3S/c1-2-18-10-6-7-11-22(18)26-23(27)20-16-19(12-13-21(20)24)30(28,29)25-15-14-17-8-4-3-5-9-17/h3-13,16,25H,2,14-15H2,1H3,(H,26,27). The lowest BCUT2D eigenvalue weighted by atomic mass is 10.1. The Balaban J connectivity index is 1.75. The summed E-state index contributed by atoms with van der Waals surface area (Å²) in [7, 11) is -3.89. The molecule has 0 aromatic heterocycles. The summed E-state index contributed by atoms with van der Waals surface area (Å²) < 4.78 is 42.0. The zero-order chi connectivity index (χ0) is 21.6. The van der Waals surface area contributed by atoms with E-state index in [0.717, 1.165) is 29.3 Å². The molecule has 0 aliphatic carbocycles. The van der Waals surface area contributed by atoms with Gasteiger partial charge < -0.3 is 5.32 Å². The molecule has 0 saturated heterocycles. The molecule has 0 aliphatic heterocycles. The van der Waals surface area contributed by atoms with E-state index in [2.05, 4.69) is 10.0 Å². The highest BCUT2D eigenvalue weighted by atomic mass is 32.2. The molecule has 0 aliphatic rings. The number of carbonyl (C=O) groups is 1. The van der Waals surface area contributed by atoms with Gasteiger partial charge in [-0.15, -0.1) is 0 Å². The Labute approximate surface area is 176 Å². The molecule has 0 bridgehead atoms. The summed E-state index contributed by atoms with van der Waals surface area (Å²) >= 11 is 0. The molecule has 0 unspecified atom stereocenters. The van der Waals surface area contributed by atoms with Gasteiger partial charge in [0.15, 0.2) is 0 Å². The van der Waals surface area contributed by atoms with Gasteiger partial charge in [0.2, 0.25) is 10.0 Å². The van der Waals surface area contributed by atoms with Crippen molar-refractivity contribution >= 4 is 21.6 Å². The van der Waals surface area contributed by atoms with Crippen LogP contribution in [0, 0.1) is 5.82 Å². The maximum atomic E-state index is 14.3. The summed E-state index contributed by atoms with van der Waals surface area (Å²) in [6.07, 6.45) is 1.21. The van der Waals surface area contributed by atoms with Crippen LogP contribution in [0.1, 0.15) is 28.4 Å². The highest BCUT2D eigenvalue weighted by molar-refractivity contribution is 7.89. The number of aryl methyl sites for hydroxylation is 1. The lowest BCUT2D eigenvalue weighted by molar-refractivity contribution is 0.102. The number of para-hydroxylation sites is 1. The summed E-state index contributed by atoms with van der Waals surface area (Å²) in [5, 5.41) is 2.67. The lowest BCUT2D eigenvalue weighted by Gasteiger charge is -2.12. The van der Waals surface area contributed by atoms with Crippen molar-refractivity contribution < 1.29 is 17.6 Å². The summed E-state index contributed by atoms with van der Waals surface area (Å²) in [5.74, 6) is -1.49. The van der Waals surface area contributed by atoms with Crippen molar-refractivity contribution in [3.05, 3.63) is 95.3 Å². The van der Waals surface area contributed by atoms with Crippen molar-refractivity contribution in [3.8, 4) is 0 Å². The number of rotatable bonds is 8. The summed E-state index contributed by atoms with van der Waals surface area (Å²) in [6.45, 7) is 2.13. The predicted octanol–water partition coefficient (Wildman–Crippen LogP) is 4.16. The van der Waals surface area contributed by atoms with E-state index in [1.54, 1.807) is 12.1 Å². The van der Waals surface area contributed by atoms with Crippen LogP contribution in [-0.4, -0.2) is 20.9 Å². The topological polar surface area (TPSA) is 75.3 Å². The Morgan fingerprint density at radius 1 is 0.967 bits per heavy atom. The molecule has 5 nitrogen and oxygen atoms in total. The van der Waals surface area contributed by atoms with Gasteiger partial charge in [-0.25, -0.2) is 17.5 Å². The molecule has 0 heterocycles. The Morgan fingerprint density at radius 3 is 2.40 bits per heavy atom. The number of halogens is 1. The van der Waals surface area contributed by atoms with Crippen molar-refractivity contribution in [2.24, 2.45) is 0 Å². The molecule has 0 saturated carbocycles. The van der Waals surface area contributed by atoms with Crippen LogP contribution < -0.4 is 10.0 Å². The second-order valence-corrected chi connectivity index (χ2v) is 8.51. The summed E-state index contributed by atoms with van der Waals surface area (Å²) in [5.41, 5.74) is 2.14. The van der Waals surface area contributed by atoms with Gasteiger partial charge in [-0.1, -0.05) is 55.5 Å². The van der Waals surface area contributed by atoms with E-state index in [1.807, 2.05) is 49.4 Å². The smallest absolute Gasteiger partial charge is 0.258 e. The van der Waals surface area contributed by atoms with E-state index in [4.69, 9.17) is 0 Å². The fourth-order valence-electron chi connectivity index (χ4n) is 3.04.